The van der Waals surface area contributed by atoms with E-state index in [0.29, 0.717) is 5.95 Å². The quantitative estimate of drug-likeness (QED) is 0.801. The average Bonchev–Trinajstić information content (AvgIpc) is 3.02. The lowest BCUT2D eigenvalue weighted by Gasteiger charge is -2.15. The van der Waals surface area contributed by atoms with Gasteiger partial charge in [0, 0.05) is 43.0 Å². The Morgan fingerprint density at radius 1 is 1.17 bits per heavy atom. The molecule has 4 rings (SSSR count). The minimum absolute atomic E-state index is 0.611. The van der Waals surface area contributed by atoms with E-state index in [-0.39, 0.29) is 0 Å². The van der Waals surface area contributed by atoms with Crippen LogP contribution in [0.3, 0.4) is 0 Å². The molecule has 0 aliphatic carbocycles. The van der Waals surface area contributed by atoms with E-state index in [1.165, 1.54) is 11.3 Å². The zero-order valence-corrected chi connectivity index (χ0v) is 12.9. The molecule has 116 valence electrons. The molecule has 0 spiro atoms. The zero-order valence-electron chi connectivity index (χ0n) is 12.9. The van der Waals surface area contributed by atoms with Crippen molar-refractivity contribution in [2.45, 2.75) is 13.0 Å². The van der Waals surface area contributed by atoms with Crippen molar-refractivity contribution in [1.82, 2.24) is 25.1 Å². The van der Waals surface area contributed by atoms with Crippen molar-refractivity contribution >= 4 is 0 Å². The predicted molar refractivity (Wildman–Crippen MR) is 86.6 cm³/mol. The Kier molecular flexibility index (Phi) is 3.51. The van der Waals surface area contributed by atoms with Crippen LogP contribution in [-0.2, 0) is 13.0 Å². The van der Waals surface area contributed by atoms with Crippen molar-refractivity contribution in [3.63, 3.8) is 0 Å². The molecule has 3 aromatic rings. The van der Waals surface area contributed by atoms with Crippen molar-refractivity contribution in [1.29, 1.82) is 0 Å². The molecule has 2 aromatic heterocycles. The monoisotopic (exact) mass is 307 g/mol. The number of benzene rings is 1. The Balaban J connectivity index is 1.89. The number of hydrogen-bond acceptors (Lipinski definition) is 5. The second-order valence-electron chi connectivity index (χ2n) is 5.39. The summed E-state index contributed by atoms with van der Waals surface area (Å²) in [7, 11) is 1.67. The Bertz CT molecular complexity index is 828. The van der Waals surface area contributed by atoms with Gasteiger partial charge in [-0.15, -0.1) is 0 Å². The zero-order chi connectivity index (χ0) is 15.6. The number of nitrogens with zero attached hydrogens (tertiary/aromatic N) is 4. The van der Waals surface area contributed by atoms with E-state index >= 15 is 0 Å². The summed E-state index contributed by atoms with van der Waals surface area (Å²) < 4.78 is 7.20. The summed E-state index contributed by atoms with van der Waals surface area (Å²) in [6.07, 6.45) is 4.38. The summed E-state index contributed by atoms with van der Waals surface area (Å²) in [6.45, 7) is 1.73. The molecule has 0 radical (unpaired) electrons. The maximum atomic E-state index is 5.34. The SMILES string of the molecule is COc1cccc(-c2nn(-c3ncccn3)c3c2CNCC3)c1. The molecule has 0 amide bonds. The fraction of sp³-hybridized carbons (Fsp3) is 0.235. The number of hydrogen-bond donors (Lipinski definition) is 1. The Hall–Kier alpha value is -2.73. The highest BCUT2D eigenvalue weighted by molar-refractivity contribution is 5.66. The van der Waals surface area contributed by atoms with E-state index in [2.05, 4.69) is 21.4 Å². The topological polar surface area (TPSA) is 64.9 Å². The van der Waals surface area contributed by atoms with E-state index in [0.717, 1.165) is 36.5 Å². The molecular weight excluding hydrogens is 290 g/mol. The number of nitrogens with one attached hydrogen (secondary N) is 1. The van der Waals surface area contributed by atoms with Gasteiger partial charge in [0.05, 0.1) is 18.5 Å². The van der Waals surface area contributed by atoms with Crippen LogP contribution in [0, 0.1) is 0 Å². The number of methoxy groups -OCH3 is 1. The number of ether oxygens (including phenoxy) is 1. The largest absolute Gasteiger partial charge is 0.497 e. The minimum atomic E-state index is 0.611. The van der Waals surface area contributed by atoms with Crippen LogP contribution in [0.4, 0.5) is 0 Å². The van der Waals surface area contributed by atoms with Gasteiger partial charge in [-0.05, 0) is 18.2 Å². The molecular formula is C17H17N5O. The van der Waals surface area contributed by atoms with Gasteiger partial charge in [-0.25, -0.2) is 14.6 Å². The normalized spacial score (nSPS) is 13.6. The minimum Gasteiger partial charge on any atom is -0.497 e. The third kappa shape index (κ3) is 2.47. The molecule has 1 aromatic carbocycles. The van der Waals surface area contributed by atoms with Gasteiger partial charge < -0.3 is 10.1 Å². The molecule has 1 aliphatic heterocycles. The predicted octanol–water partition coefficient (Wildman–Crippen LogP) is 1.98. The van der Waals surface area contributed by atoms with Crippen molar-refractivity contribution in [2.24, 2.45) is 0 Å². The van der Waals surface area contributed by atoms with Crippen LogP contribution in [0.1, 0.15) is 11.3 Å². The lowest BCUT2D eigenvalue weighted by molar-refractivity contribution is 0.415. The first-order chi connectivity index (χ1) is 11.4. The highest BCUT2D eigenvalue weighted by Gasteiger charge is 2.23. The van der Waals surface area contributed by atoms with Crippen LogP contribution in [-0.4, -0.2) is 33.4 Å². The highest BCUT2D eigenvalue weighted by atomic mass is 16.5. The smallest absolute Gasteiger partial charge is 0.250 e. The van der Waals surface area contributed by atoms with Gasteiger partial charge in [0.15, 0.2) is 0 Å². The third-order valence-electron chi connectivity index (χ3n) is 4.01. The second-order valence-corrected chi connectivity index (χ2v) is 5.39. The summed E-state index contributed by atoms with van der Waals surface area (Å²) >= 11 is 0. The van der Waals surface area contributed by atoms with Crippen LogP contribution >= 0.6 is 0 Å². The first kappa shape index (κ1) is 13.9. The molecule has 6 heteroatoms. The molecule has 0 saturated heterocycles. The molecule has 6 nitrogen and oxygen atoms in total. The molecule has 3 heterocycles. The second kappa shape index (κ2) is 5.81. The van der Waals surface area contributed by atoms with E-state index in [4.69, 9.17) is 9.84 Å². The standard InChI is InChI=1S/C17H17N5O/c1-23-13-5-2-4-12(10-13)16-14-11-18-9-6-15(14)22(21-16)17-19-7-3-8-20-17/h2-5,7-8,10,18H,6,9,11H2,1H3. The van der Waals surface area contributed by atoms with E-state index < -0.39 is 0 Å². The van der Waals surface area contributed by atoms with Crippen LogP contribution < -0.4 is 10.1 Å². The summed E-state index contributed by atoms with van der Waals surface area (Å²) in [4.78, 5) is 8.68. The fourth-order valence-electron chi connectivity index (χ4n) is 2.92. The van der Waals surface area contributed by atoms with Crippen LogP contribution in [0.2, 0.25) is 0 Å². The molecule has 1 N–H and O–H groups in total. The summed E-state index contributed by atoms with van der Waals surface area (Å²) in [5.74, 6) is 1.44. The lowest BCUT2D eigenvalue weighted by atomic mass is 10.0. The number of aromatic nitrogens is 4. The van der Waals surface area contributed by atoms with Crippen molar-refractivity contribution in [3.8, 4) is 23.0 Å². The van der Waals surface area contributed by atoms with Crippen molar-refractivity contribution < 1.29 is 4.74 Å². The molecule has 1 aliphatic rings. The maximum absolute atomic E-state index is 5.34. The van der Waals surface area contributed by atoms with Crippen LogP contribution in [0.5, 0.6) is 5.75 Å². The average molecular weight is 307 g/mol. The van der Waals surface area contributed by atoms with E-state index in [9.17, 15) is 0 Å². The highest BCUT2D eigenvalue weighted by Crippen LogP contribution is 2.30. The van der Waals surface area contributed by atoms with Gasteiger partial charge in [0.2, 0.25) is 0 Å². The maximum Gasteiger partial charge on any atom is 0.250 e. The summed E-state index contributed by atoms with van der Waals surface area (Å²) in [5, 5.41) is 8.22. The van der Waals surface area contributed by atoms with Crippen LogP contribution in [0.25, 0.3) is 17.2 Å². The molecule has 23 heavy (non-hydrogen) atoms. The number of fused-ring (bicyclic) bond motifs is 1. The Morgan fingerprint density at radius 3 is 2.87 bits per heavy atom. The molecule has 0 atom stereocenters. The van der Waals surface area contributed by atoms with Crippen LogP contribution in [0.15, 0.2) is 42.7 Å². The van der Waals surface area contributed by atoms with Gasteiger partial charge in [-0.1, -0.05) is 12.1 Å². The first-order valence-corrected chi connectivity index (χ1v) is 7.60. The number of rotatable bonds is 3. The van der Waals surface area contributed by atoms with Gasteiger partial charge in [0.1, 0.15) is 5.75 Å². The van der Waals surface area contributed by atoms with Gasteiger partial charge in [-0.2, -0.15) is 5.10 Å². The summed E-state index contributed by atoms with van der Waals surface area (Å²) in [6, 6.07) is 9.79. The molecule has 0 fully saturated rings. The van der Waals surface area contributed by atoms with Gasteiger partial charge in [-0.3, -0.25) is 0 Å². The molecule has 0 unspecified atom stereocenters. The Labute approximate surface area is 134 Å². The van der Waals surface area contributed by atoms with Crippen molar-refractivity contribution in [3.05, 3.63) is 54.0 Å². The third-order valence-corrected chi connectivity index (χ3v) is 4.01. The fourth-order valence-corrected chi connectivity index (χ4v) is 2.92. The van der Waals surface area contributed by atoms with E-state index in [1.54, 1.807) is 19.5 Å². The molecule has 0 saturated carbocycles. The van der Waals surface area contributed by atoms with Gasteiger partial charge in [0.25, 0.3) is 5.95 Å². The lowest BCUT2D eigenvalue weighted by Crippen LogP contribution is -2.25. The summed E-state index contributed by atoms with van der Waals surface area (Å²) in [5.41, 5.74) is 4.38. The van der Waals surface area contributed by atoms with E-state index in [1.807, 2.05) is 28.9 Å². The van der Waals surface area contributed by atoms with Gasteiger partial charge >= 0.3 is 0 Å². The van der Waals surface area contributed by atoms with Crippen molar-refractivity contribution in [2.75, 3.05) is 13.7 Å². The first-order valence-electron chi connectivity index (χ1n) is 7.60. The molecule has 0 bridgehead atoms. The Morgan fingerprint density at radius 2 is 2.04 bits per heavy atom.